The Morgan fingerprint density at radius 3 is 2.26 bits per heavy atom. The van der Waals surface area contributed by atoms with E-state index >= 15 is 0 Å². The number of Topliss-reactive ketones (excluding diaryl/α,β-unsaturated/α-hetero) is 1. The molecule has 0 spiro atoms. The standard InChI is InChI=1S/C22H22FNO3/c1-13-9-5-8-12-16(13)24-18(14-10-6-7-11-15(14)23)17(19(25)21(24)27)20(26)22(2,3)4/h5-12,18,25H,1-4H3. The zero-order chi connectivity index (χ0) is 19.9. The van der Waals surface area contributed by atoms with Gasteiger partial charge in [-0.15, -0.1) is 0 Å². The van der Waals surface area contributed by atoms with Crippen LogP contribution in [0.25, 0.3) is 0 Å². The maximum absolute atomic E-state index is 14.7. The minimum absolute atomic E-state index is 0.0687. The Kier molecular flexibility index (Phi) is 4.64. The van der Waals surface area contributed by atoms with E-state index in [0.717, 1.165) is 5.56 Å². The topological polar surface area (TPSA) is 57.6 Å². The second-order valence-electron chi connectivity index (χ2n) is 7.73. The van der Waals surface area contributed by atoms with E-state index in [1.54, 1.807) is 45.0 Å². The Hall–Kier alpha value is -2.95. The van der Waals surface area contributed by atoms with Crippen LogP contribution >= 0.6 is 0 Å². The first kappa shape index (κ1) is 18.8. The molecule has 5 heteroatoms. The summed E-state index contributed by atoms with van der Waals surface area (Å²) < 4.78 is 14.7. The van der Waals surface area contributed by atoms with Gasteiger partial charge in [-0.25, -0.2) is 4.39 Å². The third-order valence-corrected chi connectivity index (χ3v) is 4.71. The van der Waals surface area contributed by atoms with Crippen molar-refractivity contribution < 1.29 is 19.1 Å². The van der Waals surface area contributed by atoms with Gasteiger partial charge >= 0.3 is 0 Å². The average molecular weight is 367 g/mol. The monoisotopic (exact) mass is 367 g/mol. The number of carbonyl (C=O) groups excluding carboxylic acids is 2. The quantitative estimate of drug-likeness (QED) is 0.859. The van der Waals surface area contributed by atoms with Crippen LogP contribution in [0.2, 0.25) is 0 Å². The number of aliphatic hydroxyl groups excluding tert-OH is 1. The molecule has 0 radical (unpaired) electrons. The van der Waals surface area contributed by atoms with Crippen LogP contribution in [0.1, 0.15) is 37.9 Å². The van der Waals surface area contributed by atoms with E-state index < -0.39 is 34.7 Å². The molecule has 2 aromatic carbocycles. The summed E-state index contributed by atoms with van der Waals surface area (Å²) in [7, 11) is 0. The number of halogens is 1. The summed E-state index contributed by atoms with van der Waals surface area (Å²) in [4.78, 5) is 27.3. The molecule has 1 N–H and O–H groups in total. The molecule has 1 heterocycles. The molecule has 4 nitrogen and oxygen atoms in total. The van der Waals surface area contributed by atoms with Crippen LogP contribution in [0.3, 0.4) is 0 Å². The van der Waals surface area contributed by atoms with Crippen molar-refractivity contribution in [2.75, 3.05) is 4.90 Å². The summed E-state index contributed by atoms with van der Waals surface area (Å²) >= 11 is 0. The summed E-state index contributed by atoms with van der Waals surface area (Å²) in [5.74, 6) is -2.25. The fourth-order valence-electron chi connectivity index (χ4n) is 3.31. The van der Waals surface area contributed by atoms with E-state index in [1.165, 1.54) is 17.0 Å². The fraction of sp³-hybridized carbons (Fsp3) is 0.273. The van der Waals surface area contributed by atoms with Crippen LogP contribution in [0.5, 0.6) is 0 Å². The Morgan fingerprint density at radius 1 is 1.07 bits per heavy atom. The van der Waals surface area contributed by atoms with Gasteiger partial charge in [-0.3, -0.25) is 14.5 Å². The minimum atomic E-state index is -1.02. The lowest BCUT2D eigenvalue weighted by atomic mass is 9.82. The van der Waals surface area contributed by atoms with Gasteiger partial charge in [-0.1, -0.05) is 57.2 Å². The Balaban J connectivity index is 2.27. The number of nitrogens with zero attached hydrogens (tertiary/aromatic N) is 1. The molecule has 0 saturated carbocycles. The average Bonchev–Trinajstić information content (AvgIpc) is 2.86. The molecule has 1 aliphatic rings. The Morgan fingerprint density at radius 2 is 1.67 bits per heavy atom. The van der Waals surface area contributed by atoms with Crippen molar-refractivity contribution in [3.05, 3.63) is 76.8 Å². The number of hydrogen-bond acceptors (Lipinski definition) is 3. The molecule has 0 bridgehead atoms. The van der Waals surface area contributed by atoms with Crippen LogP contribution in [0, 0.1) is 18.2 Å². The predicted molar refractivity (Wildman–Crippen MR) is 102 cm³/mol. The molecule has 27 heavy (non-hydrogen) atoms. The number of amides is 1. The van der Waals surface area contributed by atoms with Gasteiger partial charge in [-0.05, 0) is 24.6 Å². The number of rotatable bonds is 3. The number of aliphatic hydroxyl groups is 1. The van der Waals surface area contributed by atoms with Crippen LogP contribution in [0.4, 0.5) is 10.1 Å². The van der Waals surface area contributed by atoms with Crippen molar-refractivity contribution in [3.63, 3.8) is 0 Å². The Bertz CT molecular complexity index is 956. The van der Waals surface area contributed by atoms with Crippen LogP contribution < -0.4 is 4.90 Å². The van der Waals surface area contributed by atoms with Crippen molar-refractivity contribution in [1.29, 1.82) is 0 Å². The smallest absolute Gasteiger partial charge is 0.294 e. The molecule has 140 valence electrons. The maximum Gasteiger partial charge on any atom is 0.294 e. The van der Waals surface area contributed by atoms with Crippen molar-refractivity contribution >= 4 is 17.4 Å². The van der Waals surface area contributed by atoms with Crippen molar-refractivity contribution in [1.82, 2.24) is 0 Å². The predicted octanol–water partition coefficient (Wildman–Crippen LogP) is 4.65. The van der Waals surface area contributed by atoms with E-state index in [4.69, 9.17) is 0 Å². The normalized spacial score (nSPS) is 17.6. The second-order valence-corrected chi connectivity index (χ2v) is 7.73. The zero-order valence-corrected chi connectivity index (χ0v) is 15.8. The Labute approximate surface area is 157 Å². The summed E-state index contributed by atoms with van der Waals surface area (Å²) in [6.45, 7) is 6.93. The molecular formula is C22H22FNO3. The molecule has 0 fully saturated rings. The number of hydrogen-bond donors (Lipinski definition) is 1. The lowest BCUT2D eigenvalue weighted by Crippen LogP contribution is -2.33. The lowest BCUT2D eigenvalue weighted by molar-refractivity contribution is -0.123. The number of aryl methyl sites for hydroxylation is 1. The minimum Gasteiger partial charge on any atom is -0.503 e. The molecule has 1 aliphatic heterocycles. The van der Waals surface area contributed by atoms with Crippen LogP contribution in [-0.2, 0) is 9.59 Å². The first-order chi connectivity index (χ1) is 12.6. The van der Waals surface area contributed by atoms with E-state index in [9.17, 15) is 19.1 Å². The highest BCUT2D eigenvalue weighted by atomic mass is 19.1. The molecule has 0 aromatic heterocycles. The van der Waals surface area contributed by atoms with Crippen molar-refractivity contribution in [3.8, 4) is 0 Å². The SMILES string of the molecule is Cc1ccccc1N1C(=O)C(O)=C(C(=O)C(C)(C)C)C1c1ccccc1F. The third-order valence-electron chi connectivity index (χ3n) is 4.71. The summed E-state index contributed by atoms with van der Waals surface area (Å²) in [6, 6.07) is 12.1. The third kappa shape index (κ3) is 3.14. The molecule has 2 aromatic rings. The van der Waals surface area contributed by atoms with E-state index in [1.807, 2.05) is 19.1 Å². The molecule has 1 unspecified atom stereocenters. The molecular weight excluding hydrogens is 345 g/mol. The highest BCUT2D eigenvalue weighted by Crippen LogP contribution is 2.44. The number of para-hydroxylation sites is 1. The van der Waals surface area contributed by atoms with Gasteiger partial charge in [-0.2, -0.15) is 0 Å². The van der Waals surface area contributed by atoms with Gasteiger partial charge in [0.2, 0.25) is 0 Å². The molecule has 1 amide bonds. The van der Waals surface area contributed by atoms with E-state index in [0.29, 0.717) is 5.69 Å². The van der Waals surface area contributed by atoms with Crippen molar-refractivity contribution in [2.45, 2.75) is 33.7 Å². The number of benzene rings is 2. The van der Waals surface area contributed by atoms with E-state index in [2.05, 4.69) is 0 Å². The highest BCUT2D eigenvalue weighted by Gasteiger charge is 2.47. The van der Waals surface area contributed by atoms with Crippen molar-refractivity contribution in [2.24, 2.45) is 5.41 Å². The number of anilines is 1. The van der Waals surface area contributed by atoms with Gasteiger partial charge in [0, 0.05) is 16.7 Å². The van der Waals surface area contributed by atoms with Crippen LogP contribution in [0.15, 0.2) is 59.9 Å². The highest BCUT2D eigenvalue weighted by molar-refractivity contribution is 6.17. The molecule has 3 rings (SSSR count). The van der Waals surface area contributed by atoms with Gasteiger partial charge in [0.25, 0.3) is 5.91 Å². The van der Waals surface area contributed by atoms with E-state index in [-0.39, 0.29) is 11.1 Å². The van der Waals surface area contributed by atoms with Gasteiger partial charge in [0.05, 0.1) is 11.6 Å². The van der Waals surface area contributed by atoms with Gasteiger partial charge in [0.15, 0.2) is 11.5 Å². The lowest BCUT2D eigenvalue weighted by Gasteiger charge is -2.30. The zero-order valence-electron chi connectivity index (χ0n) is 15.8. The fourth-order valence-corrected chi connectivity index (χ4v) is 3.31. The number of ketones is 1. The molecule has 1 atom stereocenters. The van der Waals surface area contributed by atoms with Crippen LogP contribution in [-0.4, -0.2) is 16.8 Å². The summed E-state index contributed by atoms with van der Waals surface area (Å²) in [5.41, 5.74) is 0.574. The maximum atomic E-state index is 14.7. The van der Waals surface area contributed by atoms with Gasteiger partial charge < -0.3 is 5.11 Å². The first-order valence-electron chi connectivity index (χ1n) is 8.76. The molecule has 0 saturated heterocycles. The summed E-state index contributed by atoms with van der Waals surface area (Å²) in [6.07, 6.45) is 0. The second kappa shape index (κ2) is 6.65. The molecule has 0 aliphatic carbocycles. The number of carbonyl (C=O) groups is 2. The summed E-state index contributed by atoms with van der Waals surface area (Å²) in [5, 5.41) is 10.6. The largest absolute Gasteiger partial charge is 0.503 e. The first-order valence-corrected chi connectivity index (χ1v) is 8.76. The van der Waals surface area contributed by atoms with Gasteiger partial charge in [0.1, 0.15) is 5.82 Å².